The van der Waals surface area contributed by atoms with Crippen LogP contribution in [0.15, 0.2) is 48.5 Å². The van der Waals surface area contributed by atoms with Crippen molar-refractivity contribution < 1.29 is 9.59 Å². The van der Waals surface area contributed by atoms with Crippen molar-refractivity contribution in [1.29, 1.82) is 0 Å². The van der Waals surface area contributed by atoms with Crippen molar-refractivity contribution in [3.63, 3.8) is 0 Å². The molecule has 0 saturated heterocycles. The third-order valence-corrected chi connectivity index (χ3v) is 6.34. The number of rotatable bonds is 11. The smallest absolute Gasteiger partial charge is 0.242 e. The van der Waals surface area contributed by atoms with Gasteiger partial charge in [-0.05, 0) is 41.7 Å². The van der Waals surface area contributed by atoms with E-state index in [1.54, 1.807) is 11.0 Å². The number of nitrogens with zero attached hydrogens (tertiary/aromatic N) is 1. The van der Waals surface area contributed by atoms with E-state index in [0.717, 1.165) is 11.1 Å². The first-order valence-electron chi connectivity index (χ1n) is 10.4. The minimum absolute atomic E-state index is 0.0847. The number of hydrogen-bond acceptors (Lipinski definition) is 3. The van der Waals surface area contributed by atoms with Gasteiger partial charge in [0.05, 0.1) is 5.75 Å². The Kier molecular flexibility index (Phi) is 10.7. The van der Waals surface area contributed by atoms with Crippen LogP contribution in [0.2, 0.25) is 10.0 Å². The summed E-state index contributed by atoms with van der Waals surface area (Å²) in [5.41, 5.74) is 1.89. The zero-order valence-corrected chi connectivity index (χ0v) is 20.6. The maximum absolute atomic E-state index is 13.2. The van der Waals surface area contributed by atoms with Crippen molar-refractivity contribution in [2.75, 3.05) is 12.3 Å². The van der Waals surface area contributed by atoms with Crippen LogP contribution in [-0.2, 0) is 21.9 Å². The molecular weight excluding hydrogens is 451 g/mol. The van der Waals surface area contributed by atoms with Gasteiger partial charge in [0.15, 0.2) is 0 Å². The van der Waals surface area contributed by atoms with Crippen LogP contribution >= 0.6 is 35.0 Å². The van der Waals surface area contributed by atoms with Gasteiger partial charge in [0.1, 0.15) is 6.04 Å². The Hall–Kier alpha value is -1.69. The van der Waals surface area contributed by atoms with Crippen LogP contribution in [0, 0.1) is 5.92 Å². The van der Waals surface area contributed by atoms with E-state index in [1.807, 2.05) is 63.2 Å². The van der Waals surface area contributed by atoms with Crippen LogP contribution < -0.4 is 5.32 Å². The third-order valence-electron chi connectivity index (χ3n) is 4.75. The van der Waals surface area contributed by atoms with Gasteiger partial charge in [0, 0.05) is 28.9 Å². The quantitative estimate of drug-likeness (QED) is 0.441. The van der Waals surface area contributed by atoms with Crippen LogP contribution in [0.1, 0.15) is 38.3 Å². The number of benzene rings is 2. The molecule has 0 spiro atoms. The fourth-order valence-corrected chi connectivity index (χ4v) is 4.38. The molecule has 0 aromatic heterocycles. The van der Waals surface area contributed by atoms with Crippen molar-refractivity contribution in [2.24, 2.45) is 5.92 Å². The summed E-state index contributed by atoms with van der Waals surface area (Å²) in [4.78, 5) is 27.7. The summed E-state index contributed by atoms with van der Waals surface area (Å²) < 4.78 is 0. The lowest BCUT2D eigenvalue weighted by Crippen LogP contribution is -2.50. The molecule has 0 bridgehead atoms. The Morgan fingerprint density at radius 2 is 1.84 bits per heavy atom. The predicted molar refractivity (Wildman–Crippen MR) is 132 cm³/mol. The monoisotopic (exact) mass is 480 g/mol. The summed E-state index contributed by atoms with van der Waals surface area (Å²) in [6.45, 7) is 6.88. The van der Waals surface area contributed by atoms with Crippen LogP contribution in [0.4, 0.5) is 0 Å². The Morgan fingerprint density at radius 3 is 2.48 bits per heavy atom. The number of halogens is 2. The summed E-state index contributed by atoms with van der Waals surface area (Å²) in [5.74, 6) is 1.06. The average molecular weight is 481 g/mol. The molecule has 2 aromatic rings. The van der Waals surface area contributed by atoms with Crippen LogP contribution in [-0.4, -0.2) is 35.1 Å². The highest BCUT2D eigenvalue weighted by molar-refractivity contribution is 7.99. The molecule has 2 aromatic carbocycles. The topological polar surface area (TPSA) is 49.4 Å². The molecule has 2 amide bonds. The van der Waals surface area contributed by atoms with Gasteiger partial charge >= 0.3 is 0 Å². The van der Waals surface area contributed by atoms with Crippen LogP contribution in [0.25, 0.3) is 0 Å². The fourth-order valence-electron chi connectivity index (χ4n) is 3.12. The number of hydrogen-bond donors (Lipinski definition) is 1. The van der Waals surface area contributed by atoms with E-state index in [0.29, 0.717) is 41.2 Å². The van der Waals surface area contributed by atoms with Gasteiger partial charge in [-0.1, -0.05) is 74.3 Å². The van der Waals surface area contributed by atoms with Crippen molar-refractivity contribution in [2.45, 2.75) is 45.5 Å². The van der Waals surface area contributed by atoms with Gasteiger partial charge in [0.25, 0.3) is 0 Å². The minimum atomic E-state index is -0.547. The largest absolute Gasteiger partial charge is 0.354 e. The third kappa shape index (κ3) is 8.40. The SMILES string of the molecule is CC[C@H](C(=O)NCC(C)C)N(Cc1ccccc1Cl)C(=O)CSCc1cccc(Cl)c1. The molecule has 0 heterocycles. The van der Waals surface area contributed by atoms with Gasteiger partial charge < -0.3 is 10.2 Å². The highest BCUT2D eigenvalue weighted by Crippen LogP contribution is 2.22. The minimum Gasteiger partial charge on any atom is -0.354 e. The molecule has 1 atom stereocenters. The lowest BCUT2D eigenvalue weighted by molar-refractivity contribution is -0.139. The lowest BCUT2D eigenvalue weighted by atomic mass is 10.1. The maximum atomic E-state index is 13.2. The van der Waals surface area contributed by atoms with Gasteiger partial charge in [-0.25, -0.2) is 0 Å². The zero-order chi connectivity index (χ0) is 22.8. The van der Waals surface area contributed by atoms with E-state index < -0.39 is 6.04 Å². The normalized spacial score (nSPS) is 11.9. The zero-order valence-electron chi connectivity index (χ0n) is 18.2. The van der Waals surface area contributed by atoms with Crippen molar-refractivity contribution in [3.05, 3.63) is 69.7 Å². The van der Waals surface area contributed by atoms with E-state index in [-0.39, 0.29) is 17.6 Å². The highest BCUT2D eigenvalue weighted by atomic mass is 35.5. The molecule has 4 nitrogen and oxygen atoms in total. The lowest BCUT2D eigenvalue weighted by Gasteiger charge is -2.31. The molecule has 7 heteroatoms. The van der Waals surface area contributed by atoms with Gasteiger partial charge in [0.2, 0.25) is 11.8 Å². The van der Waals surface area contributed by atoms with E-state index in [9.17, 15) is 9.59 Å². The second-order valence-corrected chi connectivity index (χ2v) is 9.63. The number of amides is 2. The standard InChI is InChI=1S/C24H30Cl2N2O2S/c1-4-22(24(30)27-13-17(2)3)28(14-19-9-5-6-11-21(19)26)23(29)16-31-15-18-8-7-10-20(25)12-18/h5-12,17,22H,4,13-16H2,1-3H3,(H,27,30)/t22-/m1/s1. The number of carbonyl (C=O) groups is 2. The second kappa shape index (κ2) is 13.0. The molecule has 0 saturated carbocycles. The summed E-state index contributed by atoms with van der Waals surface area (Å²) in [7, 11) is 0. The molecule has 0 aliphatic rings. The van der Waals surface area contributed by atoms with Gasteiger partial charge in [-0.3, -0.25) is 9.59 Å². The second-order valence-electron chi connectivity index (χ2n) is 7.80. The van der Waals surface area contributed by atoms with E-state index in [4.69, 9.17) is 23.2 Å². The fraction of sp³-hybridized carbons (Fsp3) is 0.417. The van der Waals surface area contributed by atoms with E-state index >= 15 is 0 Å². The first-order chi connectivity index (χ1) is 14.8. The van der Waals surface area contributed by atoms with Gasteiger partial charge in [-0.2, -0.15) is 0 Å². The van der Waals surface area contributed by atoms with Crippen LogP contribution in [0.5, 0.6) is 0 Å². The van der Waals surface area contributed by atoms with E-state index in [1.165, 1.54) is 11.8 Å². The molecule has 0 radical (unpaired) electrons. The summed E-state index contributed by atoms with van der Waals surface area (Å²) in [6, 6.07) is 14.5. The Bertz CT molecular complexity index is 876. The Labute approximate surface area is 199 Å². The molecule has 0 aliphatic carbocycles. The first kappa shape index (κ1) is 25.6. The summed E-state index contributed by atoms with van der Waals surface area (Å²) in [5, 5.41) is 4.24. The molecule has 1 N–H and O–H groups in total. The molecule has 0 fully saturated rings. The molecule has 2 rings (SSSR count). The highest BCUT2D eigenvalue weighted by Gasteiger charge is 2.29. The molecule has 0 aliphatic heterocycles. The number of thioether (sulfide) groups is 1. The summed E-state index contributed by atoms with van der Waals surface area (Å²) >= 11 is 13.9. The molecule has 0 unspecified atom stereocenters. The Balaban J connectivity index is 2.13. The molecule has 168 valence electrons. The Morgan fingerprint density at radius 1 is 1.10 bits per heavy atom. The van der Waals surface area contributed by atoms with Gasteiger partial charge in [-0.15, -0.1) is 11.8 Å². The van der Waals surface area contributed by atoms with Crippen molar-refractivity contribution >= 4 is 46.8 Å². The number of nitrogens with one attached hydrogen (secondary N) is 1. The summed E-state index contributed by atoms with van der Waals surface area (Å²) in [6.07, 6.45) is 0.527. The van der Waals surface area contributed by atoms with Crippen molar-refractivity contribution in [3.8, 4) is 0 Å². The predicted octanol–water partition coefficient (Wildman–Crippen LogP) is 5.81. The average Bonchev–Trinajstić information content (AvgIpc) is 2.73. The number of carbonyl (C=O) groups excluding carboxylic acids is 2. The molecular formula is C24H30Cl2N2O2S. The first-order valence-corrected chi connectivity index (χ1v) is 12.4. The van der Waals surface area contributed by atoms with Crippen LogP contribution in [0.3, 0.4) is 0 Å². The molecule has 31 heavy (non-hydrogen) atoms. The van der Waals surface area contributed by atoms with Crippen molar-refractivity contribution in [1.82, 2.24) is 10.2 Å². The van der Waals surface area contributed by atoms with E-state index in [2.05, 4.69) is 5.32 Å². The maximum Gasteiger partial charge on any atom is 0.242 e.